The van der Waals surface area contributed by atoms with Crippen molar-refractivity contribution in [3.63, 3.8) is 0 Å². The van der Waals surface area contributed by atoms with Crippen molar-refractivity contribution in [2.75, 3.05) is 5.73 Å². The molecule has 0 amide bonds. The first kappa shape index (κ1) is 14.1. The molecule has 0 bridgehead atoms. The molecule has 102 valence electrons. The molecule has 19 heavy (non-hydrogen) atoms. The highest BCUT2D eigenvalue weighted by atomic mass is 32.1. The molecule has 0 saturated carbocycles. The highest BCUT2D eigenvalue weighted by Gasteiger charge is 2.26. The number of nitrogens with two attached hydrogens (primary N) is 1. The maximum Gasteiger partial charge on any atom is 0.342 e. The number of carbonyl (C=O) groups excluding carboxylic acids is 1. The van der Waals surface area contributed by atoms with Gasteiger partial charge in [-0.15, -0.1) is 22.7 Å². The smallest absolute Gasteiger partial charge is 0.342 e. The van der Waals surface area contributed by atoms with E-state index in [0.29, 0.717) is 10.6 Å². The van der Waals surface area contributed by atoms with Crippen LogP contribution >= 0.6 is 22.7 Å². The Hall–Kier alpha value is -1.33. The van der Waals surface area contributed by atoms with Crippen molar-refractivity contribution in [1.29, 1.82) is 0 Å². The van der Waals surface area contributed by atoms with Gasteiger partial charge in [-0.2, -0.15) is 0 Å². The van der Waals surface area contributed by atoms with Crippen molar-refractivity contribution in [2.24, 2.45) is 0 Å². The molecule has 2 aromatic rings. The fourth-order valence-electron chi connectivity index (χ4n) is 1.82. The summed E-state index contributed by atoms with van der Waals surface area (Å²) in [6.07, 6.45) is 0. The summed E-state index contributed by atoms with van der Waals surface area (Å²) in [6, 6.07) is 3.96. The van der Waals surface area contributed by atoms with Crippen LogP contribution in [0.15, 0.2) is 17.5 Å². The minimum atomic E-state index is -0.522. The summed E-state index contributed by atoms with van der Waals surface area (Å²) < 4.78 is 5.45. The van der Waals surface area contributed by atoms with Crippen molar-refractivity contribution in [3.05, 3.63) is 28.0 Å². The fraction of sp³-hybridized carbons (Fsp3) is 0.357. The first-order chi connectivity index (χ1) is 8.79. The maximum absolute atomic E-state index is 12.3. The van der Waals surface area contributed by atoms with Gasteiger partial charge in [0.1, 0.15) is 16.2 Å². The summed E-state index contributed by atoms with van der Waals surface area (Å²) in [4.78, 5) is 14.4. The molecule has 0 aliphatic heterocycles. The first-order valence-corrected chi connectivity index (χ1v) is 7.65. The maximum atomic E-state index is 12.3. The van der Waals surface area contributed by atoms with Crippen LogP contribution in [-0.2, 0) is 4.74 Å². The number of rotatable bonds is 2. The second-order valence-corrected chi connectivity index (χ2v) is 7.46. The summed E-state index contributed by atoms with van der Waals surface area (Å²) in [5, 5.41) is 2.51. The molecule has 0 unspecified atom stereocenters. The zero-order valence-corrected chi connectivity index (χ0v) is 13.1. The van der Waals surface area contributed by atoms with E-state index in [9.17, 15) is 4.79 Å². The topological polar surface area (TPSA) is 52.3 Å². The Kier molecular flexibility index (Phi) is 3.69. The van der Waals surface area contributed by atoms with Crippen LogP contribution in [0.2, 0.25) is 0 Å². The van der Waals surface area contributed by atoms with Crippen LogP contribution < -0.4 is 5.73 Å². The predicted molar refractivity (Wildman–Crippen MR) is 81.9 cm³/mol. The van der Waals surface area contributed by atoms with Gasteiger partial charge in [0.25, 0.3) is 0 Å². The number of thiophene rings is 2. The molecule has 0 fully saturated rings. The Bertz CT molecular complexity index is 592. The van der Waals surface area contributed by atoms with Crippen LogP contribution in [0.3, 0.4) is 0 Å². The van der Waals surface area contributed by atoms with Crippen molar-refractivity contribution in [1.82, 2.24) is 0 Å². The number of hydrogen-bond donors (Lipinski definition) is 1. The molecule has 2 aromatic heterocycles. The summed E-state index contributed by atoms with van der Waals surface area (Å²) >= 11 is 3.03. The molecular formula is C14H17NO2S2. The Balaban J connectivity index is 2.49. The zero-order chi connectivity index (χ0) is 14.2. The molecular weight excluding hydrogens is 278 g/mol. The number of esters is 1. The minimum absolute atomic E-state index is 0.349. The average molecular weight is 295 g/mol. The van der Waals surface area contributed by atoms with Crippen LogP contribution in [0.5, 0.6) is 0 Å². The normalized spacial score (nSPS) is 11.6. The Morgan fingerprint density at radius 3 is 2.58 bits per heavy atom. The molecule has 0 saturated heterocycles. The number of hydrogen-bond acceptors (Lipinski definition) is 5. The minimum Gasteiger partial charge on any atom is -0.456 e. The van der Waals surface area contributed by atoms with E-state index in [2.05, 4.69) is 0 Å². The van der Waals surface area contributed by atoms with Crippen LogP contribution in [0.25, 0.3) is 10.4 Å². The lowest BCUT2D eigenvalue weighted by atomic mass is 10.1. The summed E-state index contributed by atoms with van der Waals surface area (Å²) in [5.74, 6) is -0.349. The number of anilines is 1. The van der Waals surface area contributed by atoms with E-state index in [1.165, 1.54) is 11.3 Å². The number of carbonyl (C=O) groups is 1. The second-order valence-electron chi connectivity index (χ2n) is 5.25. The van der Waals surface area contributed by atoms with Gasteiger partial charge in [0.05, 0.1) is 0 Å². The second kappa shape index (κ2) is 4.98. The quantitative estimate of drug-likeness (QED) is 0.839. The van der Waals surface area contributed by atoms with E-state index >= 15 is 0 Å². The molecule has 0 spiro atoms. The largest absolute Gasteiger partial charge is 0.456 e. The molecule has 0 aliphatic rings. The van der Waals surface area contributed by atoms with Crippen molar-refractivity contribution < 1.29 is 9.53 Å². The SMILES string of the molecule is Cc1sc(N)c(C(=O)OC(C)(C)C)c1-c1cccs1. The zero-order valence-electron chi connectivity index (χ0n) is 11.4. The third kappa shape index (κ3) is 2.98. The summed E-state index contributed by atoms with van der Waals surface area (Å²) in [5.41, 5.74) is 6.88. The average Bonchev–Trinajstić information content (AvgIpc) is 2.82. The molecule has 5 heteroatoms. The van der Waals surface area contributed by atoms with Gasteiger partial charge in [-0.1, -0.05) is 6.07 Å². The van der Waals surface area contributed by atoms with Gasteiger partial charge in [-0.05, 0) is 39.1 Å². The van der Waals surface area contributed by atoms with Gasteiger partial charge in [0.2, 0.25) is 0 Å². The lowest BCUT2D eigenvalue weighted by Crippen LogP contribution is -2.24. The molecule has 0 atom stereocenters. The molecule has 0 aromatic carbocycles. The standard InChI is InChI=1S/C14H17NO2S2/c1-8-10(9-6-5-7-18-9)11(12(15)19-8)13(16)17-14(2,3)4/h5-7H,15H2,1-4H3. The van der Waals surface area contributed by atoms with E-state index in [0.717, 1.165) is 15.3 Å². The van der Waals surface area contributed by atoms with Crippen molar-refractivity contribution >= 4 is 33.6 Å². The third-order valence-electron chi connectivity index (χ3n) is 2.48. The van der Waals surface area contributed by atoms with Crippen LogP contribution in [0, 0.1) is 6.92 Å². The van der Waals surface area contributed by atoms with Gasteiger partial charge in [0.15, 0.2) is 0 Å². The third-order valence-corrected chi connectivity index (χ3v) is 4.30. The lowest BCUT2D eigenvalue weighted by molar-refractivity contribution is 0.00722. The monoisotopic (exact) mass is 295 g/mol. The Morgan fingerprint density at radius 2 is 2.05 bits per heavy atom. The molecule has 0 aliphatic carbocycles. The van der Waals surface area contributed by atoms with Gasteiger partial charge < -0.3 is 10.5 Å². The highest BCUT2D eigenvalue weighted by Crippen LogP contribution is 2.40. The Morgan fingerprint density at radius 1 is 1.37 bits per heavy atom. The molecule has 3 nitrogen and oxygen atoms in total. The predicted octanol–water partition coefficient (Wildman–Crippen LogP) is 4.32. The van der Waals surface area contributed by atoms with Crippen LogP contribution in [-0.4, -0.2) is 11.6 Å². The van der Waals surface area contributed by atoms with Gasteiger partial charge >= 0.3 is 5.97 Å². The van der Waals surface area contributed by atoms with Crippen molar-refractivity contribution in [3.8, 4) is 10.4 Å². The van der Waals surface area contributed by atoms with Crippen LogP contribution in [0.1, 0.15) is 36.0 Å². The number of nitrogen functional groups attached to an aromatic ring is 1. The highest BCUT2D eigenvalue weighted by molar-refractivity contribution is 7.18. The van der Waals surface area contributed by atoms with Crippen LogP contribution in [0.4, 0.5) is 5.00 Å². The first-order valence-electron chi connectivity index (χ1n) is 5.95. The van der Waals surface area contributed by atoms with Gasteiger partial charge in [-0.25, -0.2) is 4.79 Å². The number of aryl methyl sites for hydroxylation is 1. The number of ether oxygens (including phenoxy) is 1. The van der Waals surface area contributed by atoms with Crippen molar-refractivity contribution in [2.45, 2.75) is 33.3 Å². The van der Waals surface area contributed by atoms with E-state index in [-0.39, 0.29) is 5.97 Å². The van der Waals surface area contributed by atoms with E-state index in [4.69, 9.17) is 10.5 Å². The fourth-order valence-corrected chi connectivity index (χ4v) is 3.65. The summed E-state index contributed by atoms with van der Waals surface area (Å²) in [7, 11) is 0. The van der Waals surface area contributed by atoms with E-state index < -0.39 is 5.60 Å². The molecule has 2 N–H and O–H groups in total. The van der Waals surface area contributed by atoms with Gasteiger partial charge in [-0.3, -0.25) is 0 Å². The Labute approximate surface area is 121 Å². The summed E-state index contributed by atoms with van der Waals surface area (Å²) in [6.45, 7) is 7.53. The van der Waals surface area contributed by atoms with E-state index in [1.54, 1.807) is 11.3 Å². The molecule has 2 rings (SSSR count). The lowest BCUT2D eigenvalue weighted by Gasteiger charge is -2.19. The molecule has 2 heterocycles. The van der Waals surface area contributed by atoms with Gasteiger partial charge in [0, 0.05) is 15.3 Å². The molecule has 0 radical (unpaired) electrons. The van der Waals surface area contributed by atoms with E-state index in [1.807, 2.05) is 45.2 Å².